The maximum atomic E-state index is 14.0. The first-order valence-corrected chi connectivity index (χ1v) is 8.27. The molecule has 0 spiro atoms. The van der Waals surface area contributed by atoms with E-state index in [0.717, 1.165) is 18.8 Å². The van der Waals surface area contributed by atoms with Crippen molar-refractivity contribution in [2.45, 2.75) is 19.9 Å². The molecule has 1 aromatic carbocycles. The van der Waals surface area contributed by atoms with Crippen LogP contribution in [0.1, 0.15) is 34.7 Å². The van der Waals surface area contributed by atoms with Gasteiger partial charge in [0.2, 0.25) is 0 Å². The number of piperazine rings is 1. The molecule has 1 aromatic heterocycles. The minimum Gasteiger partial charge on any atom is -0.335 e. The van der Waals surface area contributed by atoms with Gasteiger partial charge in [-0.2, -0.15) is 0 Å². The van der Waals surface area contributed by atoms with Gasteiger partial charge in [0, 0.05) is 43.5 Å². The molecule has 24 heavy (non-hydrogen) atoms. The van der Waals surface area contributed by atoms with E-state index in [1.807, 2.05) is 43.0 Å². The van der Waals surface area contributed by atoms with Crippen LogP contribution in [0.2, 0.25) is 0 Å². The van der Waals surface area contributed by atoms with Gasteiger partial charge in [-0.15, -0.1) is 0 Å². The Morgan fingerprint density at radius 2 is 1.79 bits per heavy atom. The lowest BCUT2D eigenvalue weighted by molar-refractivity contribution is 0.0573. The SMILES string of the molecule is Cc1cccc(C(=O)N2CCN([C@H](C)c3ccccc3F)CC2)n1. The standard InChI is InChI=1S/C19H22FN3O/c1-14-6-5-9-18(21-14)19(24)23-12-10-22(11-13-23)15(2)16-7-3-4-8-17(16)20/h3-9,15H,10-13H2,1-2H3/t15-/m1/s1. The summed E-state index contributed by atoms with van der Waals surface area (Å²) in [6, 6.07) is 12.4. The Kier molecular flexibility index (Phi) is 4.90. The van der Waals surface area contributed by atoms with Crippen LogP contribution in [-0.2, 0) is 0 Å². The first kappa shape index (κ1) is 16.6. The predicted octanol–water partition coefficient (Wildman–Crippen LogP) is 3.05. The monoisotopic (exact) mass is 327 g/mol. The van der Waals surface area contributed by atoms with Gasteiger partial charge in [-0.3, -0.25) is 9.69 Å². The average Bonchev–Trinajstić information content (AvgIpc) is 2.61. The van der Waals surface area contributed by atoms with Crippen LogP contribution >= 0.6 is 0 Å². The highest BCUT2D eigenvalue weighted by atomic mass is 19.1. The number of hydrogen-bond acceptors (Lipinski definition) is 3. The second-order valence-corrected chi connectivity index (χ2v) is 6.19. The number of carbonyl (C=O) groups is 1. The van der Waals surface area contributed by atoms with E-state index < -0.39 is 0 Å². The van der Waals surface area contributed by atoms with Gasteiger partial charge in [-0.05, 0) is 32.0 Å². The third-order valence-electron chi connectivity index (χ3n) is 4.61. The molecule has 0 aliphatic carbocycles. The molecule has 1 aliphatic heterocycles. The third kappa shape index (κ3) is 3.46. The number of carbonyl (C=O) groups excluding carboxylic acids is 1. The van der Waals surface area contributed by atoms with Crippen LogP contribution < -0.4 is 0 Å². The van der Waals surface area contributed by atoms with E-state index in [1.54, 1.807) is 12.1 Å². The third-order valence-corrected chi connectivity index (χ3v) is 4.61. The number of aryl methyl sites for hydroxylation is 1. The van der Waals surface area contributed by atoms with Crippen LogP contribution in [-0.4, -0.2) is 46.9 Å². The highest BCUT2D eigenvalue weighted by Crippen LogP contribution is 2.24. The Balaban J connectivity index is 1.63. The summed E-state index contributed by atoms with van der Waals surface area (Å²) in [7, 11) is 0. The minimum absolute atomic E-state index is 0.000506. The van der Waals surface area contributed by atoms with Gasteiger partial charge in [0.25, 0.3) is 5.91 Å². The fourth-order valence-electron chi connectivity index (χ4n) is 3.15. The normalized spacial score (nSPS) is 16.9. The van der Waals surface area contributed by atoms with E-state index in [1.165, 1.54) is 6.07 Å². The molecule has 3 rings (SSSR count). The molecular weight excluding hydrogens is 305 g/mol. The molecule has 1 amide bonds. The number of rotatable bonds is 3. The molecule has 5 heteroatoms. The molecule has 2 aromatic rings. The Morgan fingerprint density at radius 1 is 1.08 bits per heavy atom. The van der Waals surface area contributed by atoms with E-state index in [4.69, 9.17) is 0 Å². The molecule has 0 bridgehead atoms. The van der Waals surface area contributed by atoms with Crippen molar-refractivity contribution in [2.75, 3.05) is 26.2 Å². The van der Waals surface area contributed by atoms with Crippen LogP contribution in [0.4, 0.5) is 4.39 Å². The Morgan fingerprint density at radius 3 is 2.46 bits per heavy atom. The summed E-state index contributed by atoms with van der Waals surface area (Å²) in [5.74, 6) is -0.204. The molecule has 1 fully saturated rings. The van der Waals surface area contributed by atoms with E-state index in [-0.39, 0.29) is 17.8 Å². The van der Waals surface area contributed by atoms with E-state index in [0.29, 0.717) is 24.3 Å². The molecule has 0 unspecified atom stereocenters. The minimum atomic E-state index is -0.174. The smallest absolute Gasteiger partial charge is 0.272 e. The maximum absolute atomic E-state index is 14.0. The summed E-state index contributed by atoms with van der Waals surface area (Å²) < 4.78 is 14.0. The van der Waals surface area contributed by atoms with Gasteiger partial charge in [-0.1, -0.05) is 24.3 Å². The number of aromatic nitrogens is 1. The highest BCUT2D eigenvalue weighted by Gasteiger charge is 2.26. The van der Waals surface area contributed by atoms with Gasteiger partial charge in [0.15, 0.2) is 0 Å². The lowest BCUT2D eigenvalue weighted by atomic mass is 10.1. The molecule has 1 aliphatic rings. The van der Waals surface area contributed by atoms with E-state index in [2.05, 4.69) is 9.88 Å². The molecule has 2 heterocycles. The number of nitrogens with zero attached hydrogens (tertiary/aromatic N) is 3. The average molecular weight is 327 g/mol. The molecule has 0 N–H and O–H groups in total. The second kappa shape index (κ2) is 7.09. The Labute approximate surface area is 141 Å². The van der Waals surface area contributed by atoms with Crippen molar-refractivity contribution in [3.8, 4) is 0 Å². The molecule has 1 atom stereocenters. The van der Waals surface area contributed by atoms with Crippen LogP contribution in [0.5, 0.6) is 0 Å². The second-order valence-electron chi connectivity index (χ2n) is 6.19. The van der Waals surface area contributed by atoms with Gasteiger partial charge in [0.1, 0.15) is 11.5 Å². The molecule has 1 saturated heterocycles. The van der Waals surface area contributed by atoms with Crippen LogP contribution in [0.15, 0.2) is 42.5 Å². The number of halogens is 1. The van der Waals surface area contributed by atoms with Crippen molar-refractivity contribution in [1.29, 1.82) is 0 Å². The summed E-state index contributed by atoms with van der Waals surface area (Å²) in [5.41, 5.74) is 2.04. The lowest BCUT2D eigenvalue weighted by Gasteiger charge is -2.38. The summed E-state index contributed by atoms with van der Waals surface area (Å²) >= 11 is 0. The maximum Gasteiger partial charge on any atom is 0.272 e. The lowest BCUT2D eigenvalue weighted by Crippen LogP contribution is -2.49. The molecule has 0 saturated carbocycles. The van der Waals surface area contributed by atoms with Crippen molar-refractivity contribution in [3.05, 3.63) is 65.2 Å². The molecule has 4 nitrogen and oxygen atoms in total. The first-order valence-electron chi connectivity index (χ1n) is 8.27. The molecule has 0 radical (unpaired) electrons. The predicted molar refractivity (Wildman–Crippen MR) is 91.3 cm³/mol. The number of pyridine rings is 1. The molecular formula is C19H22FN3O. The van der Waals surface area contributed by atoms with Crippen LogP contribution in [0.25, 0.3) is 0 Å². The van der Waals surface area contributed by atoms with Gasteiger partial charge >= 0.3 is 0 Å². The Bertz CT molecular complexity index is 726. The van der Waals surface area contributed by atoms with Gasteiger partial charge in [-0.25, -0.2) is 9.37 Å². The van der Waals surface area contributed by atoms with Crippen LogP contribution in [0.3, 0.4) is 0 Å². The fourth-order valence-corrected chi connectivity index (χ4v) is 3.15. The summed E-state index contributed by atoms with van der Waals surface area (Å²) in [4.78, 5) is 20.9. The number of benzene rings is 1. The summed E-state index contributed by atoms with van der Waals surface area (Å²) in [5, 5.41) is 0. The quantitative estimate of drug-likeness (QED) is 0.869. The van der Waals surface area contributed by atoms with Gasteiger partial charge in [0.05, 0.1) is 0 Å². The summed E-state index contributed by atoms with van der Waals surface area (Å²) in [6.07, 6.45) is 0. The summed E-state index contributed by atoms with van der Waals surface area (Å²) in [6.45, 7) is 6.61. The topological polar surface area (TPSA) is 36.4 Å². The van der Waals surface area contributed by atoms with Crippen LogP contribution in [0, 0.1) is 12.7 Å². The Hall–Kier alpha value is -2.27. The zero-order valence-electron chi connectivity index (χ0n) is 14.1. The number of amides is 1. The van der Waals surface area contributed by atoms with Crippen molar-refractivity contribution in [1.82, 2.24) is 14.8 Å². The van der Waals surface area contributed by atoms with Crippen molar-refractivity contribution in [2.24, 2.45) is 0 Å². The largest absolute Gasteiger partial charge is 0.335 e. The van der Waals surface area contributed by atoms with E-state index in [9.17, 15) is 9.18 Å². The van der Waals surface area contributed by atoms with E-state index >= 15 is 0 Å². The molecule has 126 valence electrons. The van der Waals surface area contributed by atoms with Crippen molar-refractivity contribution in [3.63, 3.8) is 0 Å². The highest BCUT2D eigenvalue weighted by molar-refractivity contribution is 5.92. The van der Waals surface area contributed by atoms with Crippen molar-refractivity contribution < 1.29 is 9.18 Å². The fraction of sp³-hybridized carbons (Fsp3) is 0.368. The zero-order valence-corrected chi connectivity index (χ0v) is 14.1. The first-order chi connectivity index (χ1) is 11.6. The number of hydrogen-bond donors (Lipinski definition) is 0. The van der Waals surface area contributed by atoms with Crippen molar-refractivity contribution >= 4 is 5.91 Å². The zero-order chi connectivity index (χ0) is 17.1. The van der Waals surface area contributed by atoms with Gasteiger partial charge < -0.3 is 4.90 Å².